The van der Waals surface area contributed by atoms with Gasteiger partial charge in [0.05, 0.1) is 12.6 Å². The maximum atomic E-state index is 12.9. The molecule has 0 spiro atoms. The summed E-state index contributed by atoms with van der Waals surface area (Å²) in [5, 5.41) is 0. The molecule has 1 saturated heterocycles. The monoisotopic (exact) mass is 434 g/mol. The van der Waals surface area contributed by atoms with E-state index in [9.17, 15) is 14.0 Å². The lowest BCUT2D eigenvalue weighted by atomic mass is 9.90. The molecule has 2 heterocycles. The molecule has 2 aromatic carbocycles. The van der Waals surface area contributed by atoms with Gasteiger partial charge in [0.15, 0.2) is 0 Å². The molecule has 0 aliphatic carbocycles. The van der Waals surface area contributed by atoms with E-state index in [-0.39, 0.29) is 24.2 Å². The van der Waals surface area contributed by atoms with Crippen molar-refractivity contribution >= 4 is 6.09 Å². The quantitative estimate of drug-likeness (QED) is 0.529. The Balaban J connectivity index is 1.49. The van der Waals surface area contributed by atoms with E-state index >= 15 is 0 Å². The van der Waals surface area contributed by atoms with Crippen LogP contribution in [0.5, 0.6) is 0 Å². The molecular formula is C26H27FN2O3. The summed E-state index contributed by atoms with van der Waals surface area (Å²) < 4.78 is 19.9. The van der Waals surface area contributed by atoms with Gasteiger partial charge < -0.3 is 14.2 Å². The third-order valence-electron chi connectivity index (χ3n) is 6.26. The molecule has 32 heavy (non-hydrogen) atoms. The predicted molar refractivity (Wildman–Crippen MR) is 122 cm³/mol. The summed E-state index contributed by atoms with van der Waals surface area (Å²) in [6.45, 7) is 4.00. The van der Waals surface area contributed by atoms with Crippen molar-refractivity contribution in [1.29, 1.82) is 0 Å². The molecule has 1 aliphatic rings. The van der Waals surface area contributed by atoms with Crippen LogP contribution in [0.15, 0.2) is 77.7 Å². The van der Waals surface area contributed by atoms with Crippen LogP contribution in [0.4, 0.5) is 9.18 Å². The number of rotatable bonds is 6. The van der Waals surface area contributed by atoms with Crippen LogP contribution in [-0.4, -0.2) is 28.8 Å². The summed E-state index contributed by atoms with van der Waals surface area (Å²) in [6, 6.07) is 20.7. The first-order valence-electron chi connectivity index (χ1n) is 10.8. The number of alkyl halides is 1. The first-order valence-corrected chi connectivity index (χ1v) is 10.8. The average Bonchev–Trinajstić information content (AvgIpc) is 2.81. The Kier molecular flexibility index (Phi) is 6.12. The van der Waals surface area contributed by atoms with Crippen LogP contribution >= 0.6 is 0 Å². The molecule has 2 atom stereocenters. The van der Waals surface area contributed by atoms with E-state index in [4.69, 9.17) is 4.74 Å². The van der Waals surface area contributed by atoms with Gasteiger partial charge in [0, 0.05) is 25.2 Å². The van der Waals surface area contributed by atoms with Crippen molar-refractivity contribution in [2.24, 2.45) is 0 Å². The normalized spacial score (nSPS) is 19.5. The first kappa shape index (κ1) is 21.8. The number of aryl methyl sites for hydroxylation is 1. The highest BCUT2D eigenvalue weighted by atomic mass is 19.1. The number of benzene rings is 2. The second-order valence-electron chi connectivity index (χ2n) is 8.34. The standard InChI is InChI=1S/C26H27FN2O3/c1-19(29-16-14-26(2,32-25(29)31)23-6-4-3-5-7-23)20-8-10-21(11-9-20)22-12-13-24(30)28(18-22)17-15-27/h3-13,18-19H,14-17H2,1-2H3/t19-,26+/m0/s1. The van der Waals surface area contributed by atoms with Crippen molar-refractivity contribution in [2.45, 2.75) is 38.5 Å². The van der Waals surface area contributed by atoms with Crippen molar-refractivity contribution in [2.75, 3.05) is 13.2 Å². The first-order chi connectivity index (χ1) is 15.4. The van der Waals surface area contributed by atoms with Crippen molar-refractivity contribution in [3.05, 3.63) is 94.4 Å². The zero-order valence-corrected chi connectivity index (χ0v) is 18.3. The molecule has 0 unspecified atom stereocenters. The van der Waals surface area contributed by atoms with Crippen molar-refractivity contribution in [3.8, 4) is 11.1 Å². The second-order valence-corrected chi connectivity index (χ2v) is 8.34. The molecule has 6 heteroatoms. The summed E-state index contributed by atoms with van der Waals surface area (Å²) in [5.74, 6) is 0. The number of carbonyl (C=O) groups excluding carboxylic acids is 1. The molecule has 0 saturated carbocycles. The van der Waals surface area contributed by atoms with Gasteiger partial charge in [0.1, 0.15) is 12.3 Å². The van der Waals surface area contributed by atoms with Gasteiger partial charge in [0.25, 0.3) is 5.56 Å². The minimum Gasteiger partial charge on any atom is -0.438 e. The van der Waals surface area contributed by atoms with E-state index in [0.29, 0.717) is 13.0 Å². The highest BCUT2D eigenvalue weighted by Crippen LogP contribution is 2.36. The Bertz CT molecular complexity index is 1140. The minimum absolute atomic E-state index is 0.0424. The van der Waals surface area contributed by atoms with E-state index in [0.717, 1.165) is 22.3 Å². The number of hydrogen-bond acceptors (Lipinski definition) is 3. The van der Waals surface area contributed by atoms with Crippen LogP contribution in [0.2, 0.25) is 0 Å². The molecule has 3 aromatic rings. The topological polar surface area (TPSA) is 51.5 Å². The number of amides is 1. The molecule has 0 radical (unpaired) electrons. The lowest BCUT2D eigenvalue weighted by molar-refractivity contribution is -0.0491. The number of nitrogens with zero attached hydrogens (tertiary/aromatic N) is 2. The summed E-state index contributed by atoms with van der Waals surface area (Å²) >= 11 is 0. The Hall–Kier alpha value is -3.41. The van der Waals surface area contributed by atoms with E-state index in [2.05, 4.69) is 0 Å². The highest BCUT2D eigenvalue weighted by Gasteiger charge is 2.39. The molecule has 1 amide bonds. The van der Waals surface area contributed by atoms with Crippen molar-refractivity contribution in [1.82, 2.24) is 9.47 Å². The van der Waals surface area contributed by atoms with Gasteiger partial charge in [-0.25, -0.2) is 9.18 Å². The van der Waals surface area contributed by atoms with E-state index < -0.39 is 12.3 Å². The van der Waals surface area contributed by atoms with Crippen molar-refractivity contribution < 1.29 is 13.9 Å². The van der Waals surface area contributed by atoms with E-state index in [1.54, 1.807) is 17.2 Å². The molecule has 0 bridgehead atoms. The van der Waals surface area contributed by atoms with Crippen LogP contribution in [0.3, 0.4) is 0 Å². The third kappa shape index (κ3) is 4.31. The number of hydrogen-bond donors (Lipinski definition) is 0. The van der Waals surface area contributed by atoms with Crippen molar-refractivity contribution in [3.63, 3.8) is 0 Å². The zero-order valence-electron chi connectivity index (χ0n) is 18.3. The number of halogens is 1. The lowest BCUT2D eigenvalue weighted by Crippen LogP contribution is -2.47. The molecule has 5 nitrogen and oxygen atoms in total. The molecule has 1 aliphatic heterocycles. The number of cyclic esters (lactones) is 1. The summed E-state index contributed by atoms with van der Waals surface area (Å²) in [4.78, 5) is 26.4. The number of pyridine rings is 1. The van der Waals surface area contributed by atoms with E-state index in [1.165, 1.54) is 10.6 Å². The summed E-state index contributed by atoms with van der Waals surface area (Å²) in [5.41, 5.74) is 2.91. The molecule has 166 valence electrons. The van der Waals surface area contributed by atoms with E-state index in [1.807, 2.05) is 68.4 Å². The maximum Gasteiger partial charge on any atom is 0.411 e. The Labute approximate surface area is 187 Å². The van der Waals surface area contributed by atoms with Gasteiger partial charge in [-0.15, -0.1) is 0 Å². The molecule has 0 N–H and O–H groups in total. The molecule has 1 fully saturated rings. The van der Waals surface area contributed by atoms with Gasteiger partial charge in [-0.3, -0.25) is 4.79 Å². The van der Waals surface area contributed by atoms with Crippen LogP contribution in [0.1, 0.15) is 37.4 Å². The highest BCUT2D eigenvalue weighted by molar-refractivity contribution is 5.70. The average molecular weight is 435 g/mol. The second kappa shape index (κ2) is 8.99. The number of carbonyl (C=O) groups is 1. The SMILES string of the molecule is C[C@@H](c1ccc(-c2ccc(=O)n(CCF)c2)cc1)N1CC[C@](C)(c2ccccc2)OC1=O. The fraction of sp³-hybridized carbons (Fsp3) is 0.308. The lowest BCUT2D eigenvalue weighted by Gasteiger charge is -2.41. The van der Waals surface area contributed by atoms with Crippen LogP contribution in [0, 0.1) is 0 Å². The van der Waals surface area contributed by atoms with Gasteiger partial charge in [-0.05, 0) is 42.2 Å². The van der Waals surface area contributed by atoms with Crippen LogP contribution in [0.25, 0.3) is 11.1 Å². The Morgan fingerprint density at radius 1 is 1.00 bits per heavy atom. The Morgan fingerprint density at radius 3 is 2.34 bits per heavy atom. The number of aromatic nitrogens is 1. The fourth-order valence-electron chi connectivity index (χ4n) is 4.18. The van der Waals surface area contributed by atoms with Crippen LogP contribution < -0.4 is 5.56 Å². The molecule has 1 aromatic heterocycles. The van der Waals surface area contributed by atoms with Gasteiger partial charge in [-0.2, -0.15) is 0 Å². The predicted octanol–water partition coefficient (Wildman–Crippen LogP) is 5.30. The smallest absolute Gasteiger partial charge is 0.411 e. The zero-order chi connectivity index (χ0) is 22.7. The minimum atomic E-state index is -0.624. The van der Waals surface area contributed by atoms with Gasteiger partial charge >= 0.3 is 6.09 Å². The van der Waals surface area contributed by atoms with Crippen LogP contribution in [-0.2, 0) is 16.9 Å². The van der Waals surface area contributed by atoms with Gasteiger partial charge in [-0.1, -0.05) is 54.6 Å². The molecular weight excluding hydrogens is 407 g/mol. The summed E-state index contributed by atoms with van der Waals surface area (Å²) in [6.07, 6.45) is 2.06. The third-order valence-corrected chi connectivity index (χ3v) is 6.26. The number of ether oxygens (including phenoxy) is 1. The fourth-order valence-corrected chi connectivity index (χ4v) is 4.18. The van der Waals surface area contributed by atoms with Gasteiger partial charge in [0.2, 0.25) is 0 Å². The maximum absolute atomic E-state index is 12.9. The Morgan fingerprint density at radius 2 is 1.69 bits per heavy atom. The largest absolute Gasteiger partial charge is 0.438 e. The molecule has 4 rings (SSSR count). The summed E-state index contributed by atoms with van der Waals surface area (Å²) in [7, 11) is 0.